The lowest BCUT2D eigenvalue weighted by molar-refractivity contribution is 0.0335. The second-order valence-electron chi connectivity index (χ2n) is 6.97. The summed E-state index contributed by atoms with van der Waals surface area (Å²) in [5, 5.41) is 19.5. The number of rotatable bonds is 8. The fourth-order valence-electron chi connectivity index (χ4n) is 3.24. The number of carbonyl (C=O) groups is 1. The van der Waals surface area contributed by atoms with Gasteiger partial charge in [-0.25, -0.2) is 10.1 Å². The Bertz CT molecular complexity index is 1140. The van der Waals surface area contributed by atoms with Gasteiger partial charge >= 0.3 is 0 Å². The van der Waals surface area contributed by atoms with Crippen LogP contribution in [0.4, 0.5) is 5.82 Å². The van der Waals surface area contributed by atoms with Crippen molar-refractivity contribution in [1.29, 1.82) is 0 Å². The molecule has 0 radical (unpaired) electrons. The Balaban J connectivity index is 1.58. The van der Waals surface area contributed by atoms with Crippen molar-refractivity contribution < 1.29 is 23.6 Å². The van der Waals surface area contributed by atoms with E-state index in [-0.39, 0.29) is 17.3 Å². The molecule has 1 aliphatic heterocycles. The molecule has 0 saturated carbocycles. The molecule has 0 atom stereocenters. The molecule has 14 nitrogen and oxygen atoms in total. The van der Waals surface area contributed by atoms with Crippen LogP contribution in [0, 0.1) is 0 Å². The Labute approximate surface area is 188 Å². The third-order valence-electron chi connectivity index (χ3n) is 4.94. The van der Waals surface area contributed by atoms with Crippen LogP contribution < -0.4 is 20.6 Å². The zero-order chi connectivity index (χ0) is 23.2. The summed E-state index contributed by atoms with van der Waals surface area (Å²) in [6.45, 7) is 2.99. The third-order valence-corrected chi connectivity index (χ3v) is 4.94. The first kappa shape index (κ1) is 22.2. The Morgan fingerprint density at radius 2 is 2.09 bits per heavy atom. The number of nitrogen functional groups attached to an aromatic ring is 1. The number of anilines is 1. The lowest BCUT2D eigenvalue weighted by Crippen LogP contribution is -2.36. The molecular weight excluding hydrogens is 434 g/mol. The fourth-order valence-corrected chi connectivity index (χ4v) is 3.24. The highest BCUT2D eigenvalue weighted by Gasteiger charge is 2.26. The molecule has 1 fully saturated rings. The molecule has 174 valence electrons. The van der Waals surface area contributed by atoms with Crippen LogP contribution in [0.1, 0.15) is 21.7 Å². The number of carbonyl (C=O) groups excluding carboxylic acids is 1. The molecule has 2 aromatic heterocycles. The van der Waals surface area contributed by atoms with Crippen molar-refractivity contribution in [2.24, 2.45) is 5.10 Å². The average molecular weight is 457 g/mol. The van der Waals surface area contributed by atoms with Crippen molar-refractivity contribution in [3.63, 3.8) is 0 Å². The normalized spacial score (nSPS) is 14.5. The van der Waals surface area contributed by atoms with Crippen molar-refractivity contribution in [2.45, 2.75) is 6.54 Å². The lowest BCUT2D eigenvalue weighted by atomic mass is 10.2. The minimum absolute atomic E-state index is 0.0293. The lowest BCUT2D eigenvalue weighted by Gasteiger charge is -2.25. The van der Waals surface area contributed by atoms with Crippen molar-refractivity contribution in [3.8, 4) is 17.3 Å². The highest BCUT2D eigenvalue weighted by molar-refractivity contribution is 5.95. The zero-order valence-electron chi connectivity index (χ0n) is 18.1. The smallest absolute Gasteiger partial charge is 0.292 e. The van der Waals surface area contributed by atoms with E-state index in [4.69, 9.17) is 19.9 Å². The van der Waals surface area contributed by atoms with Gasteiger partial charge in [0.2, 0.25) is 11.6 Å². The molecule has 0 aliphatic carbocycles. The summed E-state index contributed by atoms with van der Waals surface area (Å²) in [5.41, 5.74) is 9.47. The Hall–Kier alpha value is -4.04. The molecule has 14 heteroatoms. The van der Waals surface area contributed by atoms with Crippen LogP contribution in [-0.2, 0) is 11.3 Å². The second-order valence-corrected chi connectivity index (χ2v) is 6.97. The topological polar surface area (TPSA) is 168 Å². The van der Waals surface area contributed by atoms with Gasteiger partial charge in [0, 0.05) is 31.3 Å². The molecule has 1 aromatic carbocycles. The van der Waals surface area contributed by atoms with Gasteiger partial charge in [0.15, 0.2) is 5.69 Å². The maximum absolute atomic E-state index is 13.1. The van der Waals surface area contributed by atoms with Gasteiger partial charge in [-0.3, -0.25) is 9.69 Å². The van der Waals surface area contributed by atoms with Crippen LogP contribution in [0.3, 0.4) is 0 Å². The Morgan fingerprint density at radius 1 is 1.27 bits per heavy atom. The summed E-state index contributed by atoms with van der Waals surface area (Å²) < 4.78 is 21.7. The van der Waals surface area contributed by atoms with Gasteiger partial charge in [-0.05, 0) is 22.4 Å². The summed E-state index contributed by atoms with van der Waals surface area (Å²) in [5.74, 6) is 0.637. The number of hydrogen-bond acceptors (Lipinski definition) is 12. The summed E-state index contributed by atoms with van der Waals surface area (Å²) in [6, 6.07) is 5.22. The van der Waals surface area contributed by atoms with E-state index in [9.17, 15) is 4.79 Å². The number of amides is 1. The standard InChI is InChI=1S/C19H23N9O5/c1-30-13-4-3-12(15(9-13)31-2)10-21-23-19(29)16-14(11-27-5-7-32-8-6-27)22-26-28(16)18-17(20)24-33-25-18/h3-4,9-10H,5-8,11H2,1-2H3,(H2,20,24)(H,23,29)/b21-10+. The SMILES string of the molecule is COc1ccc(/C=N/NC(=O)c2c(CN3CCOCC3)nnn2-c2nonc2N)c(OC)c1. The molecule has 1 amide bonds. The maximum Gasteiger partial charge on any atom is 0.292 e. The van der Waals surface area contributed by atoms with E-state index in [0.717, 1.165) is 0 Å². The minimum Gasteiger partial charge on any atom is -0.497 e. The number of hydrazone groups is 1. The molecule has 1 aliphatic rings. The van der Waals surface area contributed by atoms with E-state index in [1.54, 1.807) is 25.3 Å². The summed E-state index contributed by atoms with van der Waals surface area (Å²) in [4.78, 5) is 15.2. The van der Waals surface area contributed by atoms with Crippen molar-refractivity contribution >= 4 is 17.9 Å². The van der Waals surface area contributed by atoms with E-state index >= 15 is 0 Å². The zero-order valence-corrected chi connectivity index (χ0v) is 18.1. The van der Waals surface area contributed by atoms with Crippen LogP contribution in [0.25, 0.3) is 5.82 Å². The first-order chi connectivity index (χ1) is 16.1. The monoisotopic (exact) mass is 457 g/mol. The molecule has 0 spiro atoms. The van der Waals surface area contributed by atoms with Crippen molar-refractivity contribution in [3.05, 3.63) is 35.2 Å². The number of ether oxygens (including phenoxy) is 3. The van der Waals surface area contributed by atoms with Gasteiger partial charge < -0.3 is 19.9 Å². The van der Waals surface area contributed by atoms with Gasteiger partial charge in [0.25, 0.3) is 5.91 Å². The molecule has 3 heterocycles. The quantitative estimate of drug-likeness (QED) is 0.341. The van der Waals surface area contributed by atoms with Crippen LogP contribution in [0.5, 0.6) is 11.5 Å². The number of nitrogens with one attached hydrogen (secondary N) is 1. The van der Waals surface area contributed by atoms with Crippen LogP contribution in [0.2, 0.25) is 0 Å². The van der Waals surface area contributed by atoms with Gasteiger partial charge in [0.1, 0.15) is 17.2 Å². The van der Waals surface area contributed by atoms with E-state index in [1.165, 1.54) is 18.0 Å². The first-order valence-corrected chi connectivity index (χ1v) is 9.99. The second kappa shape index (κ2) is 10.1. The maximum atomic E-state index is 13.1. The van der Waals surface area contributed by atoms with E-state index in [2.05, 4.69) is 40.7 Å². The van der Waals surface area contributed by atoms with Gasteiger partial charge in [-0.2, -0.15) is 9.78 Å². The van der Waals surface area contributed by atoms with Gasteiger partial charge in [-0.15, -0.1) is 5.10 Å². The van der Waals surface area contributed by atoms with E-state index in [1.807, 2.05) is 0 Å². The van der Waals surface area contributed by atoms with E-state index in [0.29, 0.717) is 55.6 Å². The molecule has 1 saturated heterocycles. The minimum atomic E-state index is -0.561. The number of methoxy groups -OCH3 is 2. The highest BCUT2D eigenvalue weighted by Crippen LogP contribution is 2.23. The highest BCUT2D eigenvalue weighted by atomic mass is 16.6. The summed E-state index contributed by atoms with van der Waals surface area (Å²) in [6.07, 6.45) is 1.46. The molecule has 3 aromatic rings. The third kappa shape index (κ3) is 4.91. The molecule has 33 heavy (non-hydrogen) atoms. The summed E-state index contributed by atoms with van der Waals surface area (Å²) >= 11 is 0. The molecular formula is C19H23N9O5. The van der Waals surface area contributed by atoms with Crippen molar-refractivity contribution in [1.82, 2.24) is 35.6 Å². The molecule has 0 unspecified atom stereocenters. The fraction of sp³-hybridized carbons (Fsp3) is 0.368. The van der Waals surface area contributed by atoms with Crippen LogP contribution in [-0.4, -0.2) is 82.9 Å². The number of morpholine rings is 1. The van der Waals surface area contributed by atoms with E-state index < -0.39 is 5.91 Å². The number of benzene rings is 1. The Morgan fingerprint density at radius 3 is 2.79 bits per heavy atom. The Kier molecular flexibility index (Phi) is 6.75. The number of hydrogen-bond donors (Lipinski definition) is 2. The number of aromatic nitrogens is 5. The first-order valence-electron chi connectivity index (χ1n) is 9.99. The molecule has 4 rings (SSSR count). The van der Waals surface area contributed by atoms with Gasteiger partial charge in [0.05, 0.1) is 33.6 Å². The van der Waals surface area contributed by atoms with Crippen LogP contribution >= 0.6 is 0 Å². The molecule has 3 N–H and O–H groups in total. The van der Waals surface area contributed by atoms with Gasteiger partial charge in [-0.1, -0.05) is 5.21 Å². The summed E-state index contributed by atoms with van der Waals surface area (Å²) in [7, 11) is 3.09. The molecule has 0 bridgehead atoms. The van der Waals surface area contributed by atoms with Crippen molar-refractivity contribution in [2.75, 3.05) is 46.3 Å². The number of nitrogens with zero attached hydrogens (tertiary/aromatic N) is 7. The number of nitrogens with two attached hydrogens (primary N) is 1. The van der Waals surface area contributed by atoms with Crippen LogP contribution in [0.15, 0.2) is 27.9 Å². The predicted molar refractivity (Wildman–Crippen MR) is 114 cm³/mol. The average Bonchev–Trinajstić information content (AvgIpc) is 3.45. The largest absolute Gasteiger partial charge is 0.497 e. The predicted octanol–water partition coefficient (Wildman–Crippen LogP) is -0.154.